The van der Waals surface area contributed by atoms with Crippen LogP contribution >= 0.6 is 27.3 Å². The van der Waals surface area contributed by atoms with Crippen LogP contribution in [0.15, 0.2) is 32.9 Å². The number of rotatable bonds is 4. The first-order valence-electron chi connectivity index (χ1n) is 5.96. The molecule has 1 heterocycles. The molecule has 0 aliphatic carbocycles. The number of aryl methyl sites for hydroxylation is 1. The molecule has 21 heavy (non-hydrogen) atoms. The molecule has 0 fully saturated rings. The normalized spacial score (nSPS) is 12.0. The predicted octanol–water partition coefficient (Wildman–Crippen LogP) is 3.36. The first-order valence-corrected chi connectivity index (χ1v) is 9.08. The fourth-order valence-corrected chi connectivity index (χ4v) is 4.59. The van der Waals surface area contributed by atoms with Crippen molar-refractivity contribution >= 4 is 43.0 Å². The molecule has 0 bridgehead atoms. The third kappa shape index (κ3) is 3.45. The SMILES string of the molecule is Cc1cc(F)c(S(=O)(=O)N(C)Cc2cc(Br)cs2)cc1N. The average Bonchev–Trinajstić information content (AvgIpc) is 2.79. The highest BCUT2D eigenvalue weighted by Crippen LogP contribution is 2.26. The molecule has 0 aliphatic rings. The van der Waals surface area contributed by atoms with Gasteiger partial charge in [-0.3, -0.25) is 0 Å². The van der Waals surface area contributed by atoms with E-state index in [0.717, 1.165) is 19.7 Å². The Morgan fingerprint density at radius 1 is 1.38 bits per heavy atom. The van der Waals surface area contributed by atoms with Gasteiger partial charge in [-0.25, -0.2) is 12.8 Å². The van der Waals surface area contributed by atoms with Crippen LogP contribution in [0.4, 0.5) is 10.1 Å². The zero-order valence-corrected chi connectivity index (χ0v) is 14.6. The van der Waals surface area contributed by atoms with E-state index in [-0.39, 0.29) is 12.2 Å². The number of hydrogen-bond acceptors (Lipinski definition) is 4. The maximum atomic E-state index is 14.0. The van der Waals surface area contributed by atoms with E-state index in [1.54, 1.807) is 6.92 Å². The highest BCUT2D eigenvalue weighted by atomic mass is 79.9. The van der Waals surface area contributed by atoms with E-state index in [0.29, 0.717) is 5.56 Å². The Labute approximate surface area is 135 Å². The van der Waals surface area contributed by atoms with E-state index in [4.69, 9.17) is 5.73 Å². The topological polar surface area (TPSA) is 63.4 Å². The Hall–Kier alpha value is -0.960. The second kappa shape index (κ2) is 6.04. The van der Waals surface area contributed by atoms with Crippen molar-refractivity contribution in [3.8, 4) is 0 Å². The third-order valence-electron chi connectivity index (χ3n) is 3.01. The molecule has 2 rings (SSSR count). The molecule has 1 aromatic heterocycles. The van der Waals surface area contributed by atoms with Crippen LogP contribution in [0.1, 0.15) is 10.4 Å². The molecule has 8 heteroatoms. The Morgan fingerprint density at radius 2 is 2.05 bits per heavy atom. The number of nitrogen functional groups attached to an aromatic ring is 1. The number of anilines is 1. The Bertz CT molecular complexity index is 774. The van der Waals surface area contributed by atoms with Gasteiger partial charge in [0.1, 0.15) is 10.7 Å². The van der Waals surface area contributed by atoms with Gasteiger partial charge in [0, 0.05) is 34.0 Å². The van der Waals surface area contributed by atoms with Gasteiger partial charge in [-0.05, 0) is 46.6 Å². The molecule has 0 unspecified atom stereocenters. The molecular weight excluding hydrogens is 379 g/mol. The highest BCUT2D eigenvalue weighted by molar-refractivity contribution is 9.10. The van der Waals surface area contributed by atoms with Gasteiger partial charge in [0.05, 0.1) is 0 Å². The van der Waals surface area contributed by atoms with Crippen molar-refractivity contribution in [3.05, 3.63) is 44.3 Å². The average molecular weight is 393 g/mol. The summed E-state index contributed by atoms with van der Waals surface area (Å²) >= 11 is 4.74. The maximum Gasteiger partial charge on any atom is 0.246 e. The lowest BCUT2D eigenvalue weighted by atomic mass is 10.2. The van der Waals surface area contributed by atoms with E-state index < -0.39 is 20.7 Å². The summed E-state index contributed by atoms with van der Waals surface area (Å²) in [4.78, 5) is 0.456. The van der Waals surface area contributed by atoms with Crippen LogP contribution in [-0.2, 0) is 16.6 Å². The smallest absolute Gasteiger partial charge is 0.246 e. The Morgan fingerprint density at radius 3 is 2.62 bits per heavy atom. The van der Waals surface area contributed by atoms with Crippen LogP contribution in [0.2, 0.25) is 0 Å². The summed E-state index contributed by atoms with van der Waals surface area (Å²) in [5, 5.41) is 1.86. The highest BCUT2D eigenvalue weighted by Gasteiger charge is 2.25. The Balaban J connectivity index is 2.35. The summed E-state index contributed by atoms with van der Waals surface area (Å²) < 4.78 is 40.9. The quantitative estimate of drug-likeness (QED) is 0.811. The first-order chi connectivity index (χ1) is 9.71. The molecule has 1 aromatic carbocycles. The van der Waals surface area contributed by atoms with Crippen molar-refractivity contribution in [1.82, 2.24) is 4.31 Å². The zero-order valence-electron chi connectivity index (χ0n) is 11.4. The molecular formula is C13H14BrFN2O2S2. The van der Waals surface area contributed by atoms with Crippen molar-refractivity contribution in [2.24, 2.45) is 0 Å². The zero-order chi connectivity index (χ0) is 15.8. The van der Waals surface area contributed by atoms with Crippen molar-refractivity contribution in [2.75, 3.05) is 12.8 Å². The summed E-state index contributed by atoms with van der Waals surface area (Å²) in [7, 11) is -2.51. The second-order valence-electron chi connectivity index (χ2n) is 4.63. The summed E-state index contributed by atoms with van der Waals surface area (Å²) in [6, 6.07) is 4.13. The molecule has 0 spiro atoms. The van der Waals surface area contributed by atoms with Crippen LogP contribution in [0.25, 0.3) is 0 Å². The molecule has 0 atom stereocenters. The molecule has 4 nitrogen and oxygen atoms in total. The van der Waals surface area contributed by atoms with E-state index in [1.165, 1.54) is 24.5 Å². The number of sulfonamides is 1. The molecule has 0 radical (unpaired) electrons. The van der Waals surface area contributed by atoms with Gasteiger partial charge >= 0.3 is 0 Å². The van der Waals surface area contributed by atoms with Gasteiger partial charge in [-0.2, -0.15) is 4.31 Å². The van der Waals surface area contributed by atoms with Gasteiger partial charge in [-0.1, -0.05) is 0 Å². The number of halogens is 2. The number of thiophene rings is 1. The summed E-state index contributed by atoms with van der Waals surface area (Å²) in [5.74, 6) is -0.791. The van der Waals surface area contributed by atoms with Crippen molar-refractivity contribution < 1.29 is 12.8 Å². The number of benzene rings is 1. The van der Waals surface area contributed by atoms with Gasteiger partial charge in [-0.15, -0.1) is 11.3 Å². The molecule has 114 valence electrons. The fourth-order valence-electron chi connectivity index (χ4n) is 1.78. The van der Waals surface area contributed by atoms with Crippen LogP contribution in [-0.4, -0.2) is 19.8 Å². The minimum atomic E-state index is -3.93. The first kappa shape index (κ1) is 16.4. The van der Waals surface area contributed by atoms with Crippen LogP contribution in [0.5, 0.6) is 0 Å². The minimum Gasteiger partial charge on any atom is -0.398 e. The van der Waals surface area contributed by atoms with E-state index >= 15 is 0 Å². The van der Waals surface area contributed by atoms with E-state index in [2.05, 4.69) is 15.9 Å². The molecule has 2 N–H and O–H groups in total. The molecule has 0 saturated carbocycles. The van der Waals surface area contributed by atoms with E-state index in [1.807, 2.05) is 11.4 Å². The number of hydrogen-bond donors (Lipinski definition) is 1. The van der Waals surface area contributed by atoms with Gasteiger partial charge in [0.15, 0.2) is 0 Å². The number of nitrogens with zero attached hydrogens (tertiary/aromatic N) is 1. The van der Waals surface area contributed by atoms with Crippen LogP contribution in [0.3, 0.4) is 0 Å². The van der Waals surface area contributed by atoms with Crippen molar-refractivity contribution in [2.45, 2.75) is 18.4 Å². The summed E-state index contributed by atoms with van der Waals surface area (Å²) in [6.45, 7) is 1.80. The largest absolute Gasteiger partial charge is 0.398 e. The lowest BCUT2D eigenvalue weighted by Gasteiger charge is -2.17. The lowest BCUT2D eigenvalue weighted by molar-refractivity contribution is 0.462. The molecule has 0 aliphatic heterocycles. The van der Waals surface area contributed by atoms with Crippen LogP contribution in [0, 0.1) is 12.7 Å². The Kier molecular flexibility index (Phi) is 4.72. The van der Waals surface area contributed by atoms with E-state index in [9.17, 15) is 12.8 Å². The maximum absolute atomic E-state index is 14.0. The molecule has 0 amide bonds. The van der Waals surface area contributed by atoms with Crippen molar-refractivity contribution in [3.63, 3.8) is 0 Å². The third-order valence-corrected chi connectivity index (χ3v) is 6.51. The standard InChI is InChI=1S/C13H14BrFN2O2S2/c1-8-3-11(15)13(5-12(8)16)21(18,19)17(2)6-10-4-9(14)7-20-10/h3-5,7H,6,16H2,1-2H3. The summed E-state index contributed by atoms with van der Waals surface area (Å²) in [5.41, 5.74) is 6.45. The molecule has 2 aromatic rings. The second-order valence-corrected chi connectivity index (χ2v) is 8.56. The number of nitrogens with two attached hydrogens (primary N) is 1. The summed E-state index contributed by atoms with van der Waals surface area (Å²) in [6.07, 6.45) is 0. The fraction of sp³-hybridized carbons (Fsp3) is 0.231. The van der Waals surface area contributed by atoms with Gasteiger partial charge in [0.25, 0.3) is 0 Å². The van der Waals surface area contributed by atoms with Crippen LogP contribution < -0.4 is 5.73 Å². The minimum absolute atomic E-state index is 0.172. The predicted molar refractivity (Wildman–Crippen MR) is 86.2 cm³/mol. The lowest BCUT2D eigenvalue weighted by Crippen LogP contribution is -2.27. The molecule has 0 saturated heterocycles. The van der Waals surface area contributed by atoms with Gasteiger partial charge < -0.3 is 5.73 Å². The van der Waals surface area contributed by atoms with Gasteiger partial charge in [0.2, 0.25) is 10.0 Å². The monoisotopic (exact) mass is 392 g/mol. The van der Waals surface area contributed by atoms with Crippen molar-refractivity contribution in [1.29, 1.82) is 0 Å².